The van der Waals surface area contributed by atoms with Crippen LogP contribution in [-0.4, -0.2) is 29.5 Å². The van der Waals surface area contributed by atoms with Gasteiger partial charge >= 0.3 is 0 Å². The molecule has 0 radical (unpaired) electrons. The summed E-state index contributed by atoms with van der Waals surface area (Å²) in [5.41, 5.74) is 7.52. The molecular weight excluding hydrogens is 268 g/mol. The smallest absolute Gasteiger partial charge is 0.278 e. The van der Waals surface area contributed by atoms with Crippen LogP contribution in [0, 0.1) is 16.0 Å². The van der Waals surface area contributed by atoms with Gasteiger partial charge in [-0.1, -0.05) is 0 Å². The van der Waals surface area contributed by atoms with Gasteiger partial charge in [0.05, 0.1) is 16.0 Å². The number of hydrogen-bond acceptors (Lipinski definition) is 5. The number of hydrogen-bond donors (Lipinski definition) is 1. The Hall–Kier alpha value is -2.21. The van der Waals surface area contributed by atoms with Gasteiger partial charge in [0.25, 0.3) is 5.69 Å². The highest BCUT2D eigenvalue weighted by molar-refractivity contribution is 5.97. The molecule has 3 rings (SSSR count). The number of nitrogens with zero attached hydrogens (tertiary/aromatic N) is 3. The second-order valence-corrected chi connectivity index (χ2v) is 5.43. The molecule has 1 saturated heterocycles. The van der Waals surface area contributed by atoms with E-state index < -0.39 is 0 Å². The van der Waals surface area contributed by atoms with Gasteiger partial charge < -0.3 is 10.6 Å². The van der Waals surface area contributed by atoms with E-state index in [-0.39, 0.29) is 10.6 Å². The maximum absolute atomic E-state index is 11.1. The van der Waals surface area contributed by atoms with Crippen molar-refractivity contribution in [3.8, 4) is 0 Å². The monoisotopic (exact) mass is 286 g/mol. The molecular formula is C15H18N4O2. The second kappa shape index (κ2) is 5.65. The fourth-order valence-electron chi connectivity index (χ4n) is 2.97. The van der Waals surface area contributed by atoms with Crippen LogP contribution in [0.5, 0.6) is 0 Å². The highest BCUT2D eigenvalue weighted by Crippen LogP contribution is 2.33. The summed E-state index contributed by atoms with van der Waals surface area (Å²) in [5, 5.41) is 11.7. The average molecular weight is 286 g/mol. The summed E-state index contributed by atoms with van der Waals surface area (Å²) < 4.78 is 0. The number of anilines is 1. The van der Waals surface area contributed by atoms with Gasteiger partial charge in [0, 0.05) is 25.4 Å². The number of pyridine rings is 1. The number of benzene rings is 1. The van der Waals surface area contributed by atoms with Gasteiger partial charge in [-0.05, 0) is 43.5 Å². The van der Waals surface area contributed by atoms with Crippen molar-refractivity contribution in [2.45, 2.75) is 12.8 Å². The molecule has 21 heavy (non-hydrogen) atoms. The third kappa shape index (κ3) is 2.54. The summed E-state index contributed by atoms with van der Waals surface area (Å²) >= 11 is 0. The zero-order chi connectivity index (χ0) is 14.8. The Labute approximate surface area is 122 Å². The van der Waals surface area contributed by atoms with Crippen LogP contribution in [0.2, 0.25) is 0 Å². The molecule has 2 N–H and O–H groups in total. The third-order valence-corrected chi connectivity index (χ3v) is 4.21. The standard InChI is InChI=1S/C15H18N4O2/c16-10-11-5-8-18(9-6-11)14-4-3-13(19(20)21)12-2-1-7-17-15(12)14/h1-4,7,11H,5-6,8-10,16H2. The van der Waals surface area contributed by atoms with Gasteiger partial charge in [-0.3, -0.25) is 15.1 Å². The van der Waals surface area contributed by atoms with Crippen molar-refractivity contribution in [3.05, 3.63) is 40.6 Å². The molecule has 1 aliphatic rings. The topological polar surface area (TPSA) is 85.3 Å². The average Bonchev–Trinajstić information content (AvgIpc) is 2.54. The Morgan fingerprint density at radius 1 is 1.33 bits per heavy atom. The number of piperidine rings is 1. The van der Waals surface area contributed by atoms with E-state index in [1.54, 1.807) is 24.4 Å². The van der Waals surface area contributed by atoms with E-state index in [4.69, 9.17) is 5.73 Å². The molecule has 1 fully saturated rings. The third-order valence-electron chi connectivity index (χ3n) is 4.21. The Bertz CT molecular complexity index is 666. The first-order valence-electron chi connectivity index (χ1n) is 7.18. The van der Waals surface area contributed by atoms with Gasteiger partial charge in [0.1, 0.15) is 5.52 Å². The Morgan fingerprint density at radius 3 is 2.76 bits per heavy atom. The van der Waals surface area contributed by atoms with Gasteiger partial charge in [-0.25, -0.2) is 0 Å². The molecule has 1 aromatic carbocycles. The van der Waals surface area contributed by atoms with Gasteiger partial charge in [-0.15, -0.1) is 0 Å². The van der Waals surface area contributed by atoms with E-state index in [0.717, 1.165) is 38.2 Å². The molecule has 0 saturated carbocycles. The van der Waals surface area contributed by atoms with Crippen LogP contribution in [0.25, 0.3) is 10.9 Å². The largest absolute Gasteiger partial charge is 0.370 e. The van der Waals surface area contributed by atoms with Crippen LogP contribution in [-0.2, 0) is 0 Å². The lowest BCUT2D eigenvalue weighted by Crippen LogP contribution is -2.36. The van der Waals surface area contributed by atoms with Crippen molar-refractivity contribution in [3.63, 3.8) is 0 Å². The summed E-state index contributed by atoms with van der Waals surface area (Å²) in [7, 11) is 0. The molecule has 2 heterocycles. The number of non-ortho nitro benzene ring substituents is 1. The summed E-state index contributed by atoms with van der Waals surface area (Å²) in [6.07, 6.45) is 3.80. The van der Waals surface area contributed by atoms with Crippen LogP contribution in [0.3, 0.4) is 0 Å². The minimum atomic E-state index is -0.353. The summed E-state index contributed by atoms with van der Waals surface area (Å²) in [6, 6.07) is 6.89. The lowest BCUT2D eigenvalue weighted by Gasteiger charge is -2.33. The predicted octanol–water partition coefficient (Wildman–Crippen LogP) is 2.32. The molecule has 0 amide bonds. The first-order valence-corrected chi connectivity index (χ1v) is 7.18. The molecule has 1 aromatic heterocycles. The lowest BCUT2D eigenvalue weighted by molar-refractivity contribution is -0.383. The maximum Gasteiger partial charge on any atom is 0.278 e. The summed E-state index contributed by atoms with van der Waals surface area (Å²) in [4.78, 5) is 17.4. The van der Waals surface area contributed by atoms with Gasteiger partial charge in [-0.2, -0.15) is 0 Å². The molecule has 0 atom stereocenters. The first-order chi connectivity index (χ1) is 10.2. The number of aromatic nitrogens is 1. The molecule has 2 aromatic rings. The second-order valence-electron chi connectivity index (χ2n) is 5.43. The fraction of sp³-hybridized carbons (Fsp3) is 0.400. The zero-order valence-electron chi connectivity index (χ0n) is 11.7. The quantitative estimate of drug-likeness (QED) is 0.691. The van der Waals surface area contributed by atoms with E-state index in [0.29, 0.717) is 16.8 Å². The molecule has 0 bridgehead atoms. The van der Waals surface area contributed by atoms with E-state index in [2.05, 4.69) is 9.88 Å². The maximum atomic E-state index is 11.1. The van der Waals surface area contributed by atoms with Crippen LogP contribution in [0.4, 0.5) is 11.4 Å². The van der Waals surface area contributed by atoms with Crippen LogP contribution >= 0.6 is 0 Å². The van der Waals surface area contributed by atoms with Gasteiger partial charge in [0.15, 0.2) is 0 Å². The van der Waals surface area contributed by atoms with E-state index in [1.165, 1.54) is 0 Å². The number of nitro groups is 1. The molecule has 110 valence electrons. The fourth-order valence-corrected chi connectivity index (χ4v) is 2.97. The first kappa shape index (κ1) is 13.8. The van der Waals surface area contributed by atoms with E-state index >= 15 is 0 Å². The van der Waals surface area contributed by atoms with Gasteiger partial charge in [0.2, 0.25) is 0 Å². The highest BCUT2D eigenvalue weighted by atomic mass is 16.6. The Morgan fingerprint density at radius 2 is 2.10 bits per heavy atom. The van der Waals surface area contributed by atoms with E-state index in [1.807, 2.05) is 6.07 Å². The normalized spacial score (nSPS) is 16.3. The SMILES string of the molecule is NCC1CCN(c2ccc([N+](=O)[O-])c3cccnc23)CC1. The van der Waals surface area contributed by atoms with Crippen molar-refractivity contribution >= 4 is 22.3 Å². The lowest BCUT2D eigenvalue weighted by atomic mass is 9.96. The predicted molar refractivity (Wildman–Crippen MR) is 82.4 cm³/mol. The van der Waals surface area contributed by atoms with Crippen molar-refractivity contribution in [2.24, 2.45) is 11.7 Å². The van der Waals surface area contributed by atoms with Crippen molar-refractivity contribution in [1.82, 2.24) is 4.98 Å². The number of nitrogens with two attached hydrogens (primary N) is 1. The minimum Gasteiger partial charge on any atom is -0.370 e. The number of fused-ring (bicyclic) bond motifs is 1. The molecule has 6 nitrogen and oxygen atoms in total. The highest BCUT2D eigenvalue weighted by Gasteiger charge is 2.22. The van der Waals surface area contributed by atoms with Crippen LogP contribution < -0.4 is 10.6 Å². The van der Waals surface area contributed by atoms with E-state index in [9.17, 15) is 10.1 Å². The molecule has 0 spiro atoms. The summed E-state index contributed by atoms with van der Waals surface area (Å²) in [6.45, 7) is 2.57. The number of nitro benzene ring substituents is 1. The molecule has 0 unspecified atom stereocenters. The van der Waals surface area contributed by atoms with Crippen molar-refractivity contribution < 1.29 is 4.92 Å². The molecule has 0 aliphatic carbocycles. The zero-order valence-corrected chi connectivity index (χ0v) is 11.7. The van der Waals surface area contributed by atoms with Crippen molar-refractivity contribution in [1.29, 1.82) is 0 Å². The van der Waals surface area contributed by atoms with Crippen LogP contribution in [0.15, 0.2) is 30.5 Å². The Kier molecular flexibility index (Phi) is 3.70. The van der Waals surface area contributed by atoms with Crippen molar-refractivity contribution in [2.75, 3.05) is 24.5 Å². The molecule has 1 aliphatic heterocycles. The Balaban J connectivity index is 2.00. The summed E-state index contributed by atoms with van der Waals surface area (Å²) in [5.74, 6) is 0.582. The molecule has 6 heteroatoms. The minimum absolute atomic E-state index is 0.110. The number of rotatable bonds is 3. The van der Waals surface area contributed by atoms with Crippen LogP contribution in [0.1, 0.15) is 12.8 Å².